The fourth-order valence-corrected chi connectivity index (χ4v) is 0.722. The zero-order chi connectivity index (χ0) is 11.8. The van der Waals surface area contributed by atoms with E-state index >= 15 is 0 Å². The predicted molar refractivity (Wildman–Crippen MR) is 61.5 cm³/mol. The Kier molecular flexibility index (Phi) is 5.85. The van der Waals surface area contributed by atoms with Gasteiger partial charge < -0.3 is 5.32 Å². The van der Waals surface area contributed by atoms with Gasteiger partial charge in [-0.05, 0) is 13.8 Å². The largest absolute Gasteiger partial charge is 0.319 e. The van der Waals surface area contributed by atoms with Crippen molar-refractivity contribution >= 4 is 23.6 Å². The average molecular weight is 211 g/mol. The third-order valence-electron chi connectivity index (χ3n) is 1.56. The van der Waals surface area contributed by atoms with Crippen LogP contribution in [0.3, 0.4) is 0 Å². The molecule has 0 aromatic heterocycles. The number of aliphatic imine (C=N–C) groups is 1. The van der Waals surface area contributed by atoms with E-state index in [0.29, 0.717) is 12.2 Å². The highest BCUT2D eigenvalue weighted by atomic mass is 16.2. The molecule has 15 heavy (non-hydrogen) atoms. The summed E-state index contributed by atoms with van der Waals surface area (Å²) in [6, 6.07) is 0. The van der Waals surface area contributed by atoms with Crippen molar-refractivity contribution in [1.29, 1.82) is 5.41 Å². The van der Waals surface area contributed by atoms with Gasteiger partial charge in [-0.1, -0.05) is 6.08 Å². The number of hydrogen-bond acceptors (Lipinski definition) is 4. The van der Waals surface area contributed by atoms with Crippen LogP contribution < -0.4 is 5.32 Å². The SMILES string of the molecule is C/C=C(\C=NCC)NC(=O)C(=N)C(C)=O.[HH]. The normalized spacial score (nSPS) is 11.5. The lowest BCUT2D eigenvalue weighted by Crippen LogP contribution is -2.34. The first-order valence-electron chi connectivity index (χ1n) is 4.59. The third-order valence-corrected chi connectivity index (χ3v) is 1.56. The van der Waals surface area contributed by atoms with Crippen molar-refractivity contribution in [2.24, 2.45) is 4.99 Å². The van der Waals surface area contributed by atoms with Crippen molar-refractivity contribution in [3.05, 3.63) is 11.8 Å². The maximum atomic E-state index is 11.3. The summed E-state index contributed by atoms with van der Waals surface area (Å²) >= 11 is 0. The molecular formula is C10H17N3O2. The van der Waals surface area contributed by atoms with Gasteiger partial charge in [0, 0.05) is 21.1 Å². The zero-order valence-electron chi connectivity index (χ0n) is 9.13. The number of carbonyl (C=O) groups excluding carboxylic acids is 2. The number of Topliss-reactive ketones (excluding diaryl/α,β-unsaturated/α-hetero) is 1. The summed E-state index contributed by atoms with van der Waals surface area (Å²) in [6.45, 7) is 5.38. The van der Waals surface area contributed by atoms with E-state index in [1.54, 1.807) is 13.0 Å². The lowest BCUT2D eigenvalue weighted by Gasteiger charge is -2.03. The van der Waals surface area contributed by atoms with Crippen LogP contribution in [0.15, 0.2) is 16.8 Å². The van der Waals surface area contributed by atoms with Gasteiger partial charge in [-0.25, -0.2) is 0 Å². The molecular weight excluding hydrogens is 194 g/mol. The Balaban J connectivity index is 0. The van der Waals surface area contributed by atoms with Gasteiger partial charge in [0.2, 0.25) is 0 Å². The number of nitrogens with zero attached hydrogens (tertiary/aromatic N) is 1. The van der Waals surface area contributed by atoms with Crippen LogP contribution >= 0.6 is 0 Å². The molecule has 0 fully saturated rings. The van der Waals surface area contributed by atoms with Crippen molar-refractivity contribution in [3.8, 4) is 0 Å². The molecule has 0 aliphatic rings. The summed E-state index contributed by atoms with van der Waals surface area (Å²) in [5.74, 6) is -1.27. The summed E-state index contributed by atoms with van der Waals surface area (Å²) in [6.07, 6.45) is 3.13. The maximum Gasteiger partial charge on any atom is 0.277 e. The number of carbonyl (C=O) groups is 2. The van der Waals surface area contributed by atoms with Crippen LogP contribution in [-0.2, 0) is 9.59 Å². The number of hydrogen-bond donors (Lipinski definition) is 2. The first-order chi connectivity index (χ1) is 7.02. The Labute approximate surface area is 90.3 Å². The molecule has 0 aliphatic carbocycles. The van der Waals surface area contributed by atoms with Crippen molar-refractivity contribution in [2.45, 2.75) is 20.8 Å². The highest BCUT2D eigenvalue weighted by Crippen LogP contribution is 1.87. The smallest absolute Gasteiger partial charge is 0.277 e. The molecule has 0 bridgehead atoms. The van der Waals surface area contributed by atoms with Crippen LogP contribution in [0.1, 0.15) is 22.2 Å². The fraction of sp³-hybridized carbons (Fsp3) is 0.400. The van der Waals surface area contributed by atoms with Crippen LogP contribution in [-0.4, -0.2) is 30.2 Å². The summed E-state index contributed by atoms with van der Waals surface area (Å²) in [7, 11) is 0. The monoisotopic (exact) mass is 211 g/mol. The Bertz CT molecular complexity index is 335. The second kappa shape index (κ2) is 6.64. The molecule has 5 nitrogen and oxygen atoms in total. The number of ketones is 1. The van der Waals surface area contributed by atoms with Gasteiger partial charge in [0.15, 0.2) is 11.5 Å². The summed E-state index contributed by atoms with van der Waals surface area (Å²) < 4.78 is 0. The van der Waals surface area contributed by atoms with Crippen molar-refractivity contribution in [2.75, 3.05) is 6.54 Å². The molecule has 0 unspecified atom stereocenters. The molecule has 5 heteroatoms. The Morgan fingerprint density at radius 3 is 2.53 bits per heavy atom. The highest BCUT2D eigenvalue weighted by molar-refractivity contribution is 6.64. The Morgan fingerprint density at radius 1 is 1.53 bits per heavy atom. The lowest BCUT2D eigenvalue weighted by molar-refractivity contribution is -0.116. The molecule has 0 saturated heterocycles. The second-order valence-corrected chi connectivity index (χ2v) is 2.76. The van der Waals surface area contributed by atoms with Crippen LogP contribution in [0.4, 0.5) is 0 Å². The van der Waals surface area contributed by atoms with Gasteiger partial charge in [-0.15, -0.1) is 0 Å². The lowest BCUT2D eigenvalue weighted by atomic mass is 10.2. The Morgan fingerprint density at radius 2 is 2.13 bits per heavy atom. The van der Waals surface area contributed by atoms with E-state index in [9.17, 15) is 9.59 Å². The number of nitrogens with one attached hydrogen (secondary N) is 2. The molecule has 0 atom stereocenters. The standard InChI is InChI=1S/C10H15N3O2.H2/c1-4-8(6-12-5-2)13-10(15)9(11)7(3)14;/h4,6,11H,5H2,1-3H3,(H,13,15);1H/b8-4+,11-9?,12-6?;. The molecule has 0 aromatic rings. The summed E-state index contributed by atoms with van der Waals surface area (Å²) in [5.41, 5.74) is -0.0768. The van der Waals surface area contributed by atoms with Crippen LogP contribution in [0.5, 0.6) is 0 Å². The van der Waals surface area contributed by atoms with Crippen molar-refractivity contribution < 1.29 is 11.0 Å². The topological polar surface area (TPSA) is 82.4 Å². The first-order valence-corrected chi connectivity index (χ1v) is 4.59. The minimum Gasteiger partial charge on any atom is -0.319 e. The van der Waals surface area contributed by atoms with Gasteiger partial charge in [-0.2, -0.15) is 0 Å². The van der Waals surface area contributed by atoms with Crippen molar-refractivity contribution in [3.63, 3.8) is 0 Å². The van der Waals surface area contributed by atoms with Gasteiger partial charge in [0.1, 0.15) is 0 Å². The third kappa shape index (κ3) is 4.85. The van der Waals surface area contributed by atoms with Gasteiger partial charge in [0.05, 0.1) is 5.70 Å². The van der Waals surface area contributed by atoms with Crippen LogP contribution in [0.2, 0.25) is 0 Å². The fourth-order valence-electron chi connectivity index (χ4n) is 0.722. The van der Waals surface area contributed by atoms with Crippen LogP contribution in [0.25, 0.3) is 0 Å². The van der Waals surface area contributed by atoms with E-state index in [-0.39, 0.29) is 1.43 Å². The van der Waals surface area contributed by atoms with E-state index in [2.05, 4.69) is 10.3 Å². The minimum atomic E-state index is -0.710. The maximum absolute atomic E-state index is 11.3. The number of allylic oxidation sites excluding steroid dienone is 2. The molecule has 0 saturated carbocycles. The average Bonchev–Trinajstić information content (AvgIpc) is 2.22. The predicted octanol–water partition coefficient (Wildman–Crippen LogP) is 0.952. The quantitative estimate of drug-likeness (QED) is 0.524. The first kappa shape index (κ1) is 13.2. The molecule has 0 rings (SSSR count). The van der Waals surface area contributed by atoms with E-state index in [1.165, 1.54) is 13.1 Å². The van der Waals surface area contributed by atoms with E-state index in [0.717, 1.165) is 0 Å². The molecule has 0 heterocycles. The van der Waals surface area contributed by atoms with Crippen LogP contribution in [0, 0.1) is 5.41 Å². The highest BCUT2D eigenvalue weighted by Gasteiger charge is 2.13. The minimum absolute atomic E-state index is 0. The molecule has 0 radical (unpaired) electrons. The number of rotatable bonds is 5. The zero-order valence-corrected chi connectivity index (χ0v) is 9.13. The summed E-state index contributed by atoms with van der Waals surface area (Å²) in [5, 5.41) is 9.57. The van der Waals surface area contributed by atoms with E-state index in [1.807, 2.05) is 6.92 Å². The molecule has 1 amide bonds. The van der Waals surface area contributed by atoms with Gasteiger partial charge in [-0.3, -0.25) is 20.0 Å². The molecule has 0 aromatic carbocycles. The van der Waals surface area contributed by atoms with Crippen molar-refractivity contribution in [1.82, 2.24) is 5.32 Å². The number of amides is 1. The Hall–Kier alpha value is -1.78. The van der Waals surface area contributed by atoms with Gasteiger partial charge in [0.25, 0.3) is 5.91 Å². The van der Waals surface area contributed by atoms with E-state index in [4.69, 9.17) is 5.41 Å². The van der Waals surface area contributed by atoms with E-state index < -0.39 is 17.4 Å². The molecule has 84 valence electrons. The molecule has 0 spiro atoms. The molecule has 2 N–H and O–H groups in total. The van der Waals surface area contributed by atoms with Gasteiger partial charge >= 0.3 is 0 Å². The second-order valence-electron chi connectivity index (χ2n) is 2.76. The summed E-state index contributed by atoms with van der Waals surface area (Å²) in [4.78, 5) is 25.9. The molecule has 0 aliphatic heterocycles.